The van der Waals surface area contributed by atoms with E-state index in [0.717, 1.165) is 39.2 Å². The van der Waals surface area contributed by atoms with Crippen LogP contribution < -0.4 is 11.1 Å². The molecule has 0 aromatic rings. The second-order valence-electron chi connectivity index (χ2n) is 5.58. The van der Waals surface area contributed by atoms with E-state index in [1.54, 1.807) is 0 Å². The second-order valence-corrected chi connectivity index (χ2v) is 5.58. The van der Waals surface area contributed by atoms with Crippen molar-refractivity contribution in [2.45, 2.75) is 26.4 Å². The van der Waals surface area contributed by atoms with Crippen LogP contribution in [-0.2, 0) is 4.74 Å². The highest BCUT2D eigenvalue weighted by Gasteiger charge is 2.23. The first-order valence-electron chi connectivity index (χ1n) is 6.44. The van der Waals surface area contributed by atoms with Gasteiger partial charge in [-0.3, -0.25) is 0 Å². The molecule has 1 atom stereocenters. The van der Waals surface area contributed by atoms with Gasteiger partial charge in [-0.1, -0.05) is 19.0 Å². The zero-order valence-corrected chi connectivity index (χ0v) is 11.6. The van der Waals surface area contributed by atoms with E-state index in [-0.39, 0.29) is 17.4 Å². The number of nitrogens with zero attached hydrogens (tertiary/aromatic N) is 2. The molecule has 1 aliphatic rings. The number of ether oxygens (including phenoxy) is 1. The van der Waals surface area contributed by atoms with Gasteiger partial charge in [-0.15, -0.1) is 0 Å². The Bertz CT molecular complexity index is 281. The number of rotatable bonds is 6. The van der Waals surface area contributed by atoms with Gasteiger partial charge in [0, 0.05) is 25.0 Å². The smallest absolute Gasteiger partial charge is 0.144 e. The average Bonchev–Trinajstić information content (AvgIpc) is 2.33. The van der Waals surface area contributed by atoms with Gasteiger partial charge in [0.2, 0.25) is 0 Å². The van der Waals surface area contributed by atoms with Gasteiger partial charge in [0.1, 0.15) is 5.84 Å². The van der Waals surface area contributed by atoms with Crippen molar-refractivity contribution in [3.63, 3.8) is 0 Å². The molecule has 0 saturated carbocycles. The minimum Gasteiger partial charge on any atom is -0.409 e. The second kappa shape index (κ2) is 6.92. The summed E-state index contributed by atoms with van der Waals surface area (Å²) in [6, 6.07) is 0. The zero-order valence-electron chi connectivity index (χ0n) is 11.6. The molecule has 6 heteroatoms. The Hall–Kier alpha value is -0.850. The lowest BCUT2D eigenvalue weighted by Gasteiger charge is -2.30. The van der Waals surface area contributed by atoms with Crippen LogP contribution in [0.25, 0.3) is 0 Å². The predicted octanol–water partition coefficient (Wildman–Crippen LogP) is 0.0693. The van der Waals surface area contributed by atoms with Gasteiger partial charge < -0.3 is 25.9 Å². The van der Waals surface area contributed by atoms with E-state index in [1.807, 2.05) is 13.8 Å². The van der Waals surface area contributed by atoms with Crippen LogP contribution in [0.4, 0.5) is 0 Å². The lowest BCUT2D eigenvalue weighted by atomic mass is 9.88. The Morgan fingerprint density at radius 1 is 1.61 bits per heavy atom. The topological polar surface area (TPSA) is 83.1 Å². The van der Waals surface area contributed by atoms with E-state index in [2.05, 4.69) is 22.4 Å². The molecule has 0 aliphatic carbocycles. The number of hydrogen-bond acceptors (Lipinski definition) is 5. The van der Waals surface area contributed by atoms with Crippen molar-refractivity contribution in [1.82, 2.24) is 10.2 Å². The highest BCUT2D eigenvalue weighted by molar-refractivity contribution is 5.85. The Kier molecular flexibility index (Phi) is 5.84. The predicted molar refractivity (Wildman–Crippen MR) is 71.9 cm³/mol. The molecule has 1 rings (SSSR count). The lowest BCUT2D eigenvalue weighted by Crippen LogP contribution is -2.45. The Morgan fingerprint density at radius 3 is 2.94 bits per heavy atom. The largest absolute Gasteiger partial charge is 0.409 e. The number of morpholine rings is 1. The van der Waals surface area contributed by atoms with E-state index in [0.29, 0.717) is 0 Å². The van der Waals surface area contributed by atoms with Crippen LogP contribution in [0.3, 0.4) is 0 Å². The normalized spacial score (nSPS) is 23.3. The molecule has 0 aromatic heterocycles. The van der Waals surface area contributed by atoms with Gasteiger partial charge >= 0.3 is 0 Å². The fourth-order valence-corrected chi connectivity index (χ4v) is 1.92. The molecule has 0 aromatic carbocycles. The quantitative estimate of drug-likeness (QED) is 0.206. The minimum absolute atomic E-state index is 0.260. The maximum absolute atomic E-state index is 8.68. The molecule has 0 radical (unpaired) electrons. The first-order chi connectivity index (χ1) is 8.45. The molecular weight excluding hydrogens is 232 g/mol. The fraction of sp³-hybridized carbons (Fsp3) is 0.917. The van der Waals surface area contributed by atoms with E-state index >= 15 is 0 Å². The third kappa shape index (κ3) is 4.80. The van der Waals surface area contributed by atoms with Crippen molar-refractivity contribution in [2.75, 3.05) is 39.8 Å². The summed E-state index contributed by atoms with van der Waals surface area (Å²) in [5, 5.41) is 15.1. The van der Waals surface area contributed by atoms with Gasteiger partial charge in [-0.05, 0) is 20.0 Å². The SMILES string of the molecule is CN1CCOC(CNCCC(C)(C)C(N)=NO)C1. The van der Waals surface area contributed by atoms with E-state index in [1.165, 1.54) is 0 Å². The van der Waals surface area contributed by atoms with Crippen LogP contribution in [0.15, 0.2) is 5.16 Å². The van der Waals surface area contributed by atoms with Gasteiger partial charge in [0.15, 0.2) is 0 Å². The monoisotopic (exact) mass is 258 g/mol. The van der Waals surface area contributed by atoms with Crippen molar-refractivity contribution in [3.8, 4) is 0 Å². The van der Waals surface area contributed by atoms with Gasteiger partial charge in [0.25, 0.3) is 0 Å². The molecule has 18 heavy (non-hydrogen) atoms. The standard InChI is InChI=1S/C12H26N4O2/c1-12(2,11(13)15-17)4-5-14-8-10-9-16(3)6-7-18-10/h10,14,17H,4-9H2,1-3H3,(H2,13,15). The van der Waals surface area contributed by atoms with E-state index in [9.17, 15) is 0 Å². The van der Waals surface area contributed by atoms with Crippen LogP contribution in [0.2, 0.25) is 0 Å². The van der Waals surface area contributed by atoms with Crippen molar-refractivity contribution in [2.24, 2.45) is 16.3 Å². The maximum Gasteiger partial charge on any atom is 0.144 e. The minimum atomic E-state index is -0.286. The van der Waals surface area contributed by atoms with Crippen molar-refractivity contribution < 1.29 is 9.94 Å². The van der Waals surface area contributed by atoms with Gasteiger partial charge in [0.05, 0.1) is 12.7 Å². The van der Waals surface area contributed by atoms with Crippen LogP contribution in [0, 0.1) is 5.41 Å². The number of nitrogens with two attached hydrogens (primary N) is 1. The first kappa shape index (κ1) is 15.2. The molecule has 4 N–H and O–H groups in total. The third-order valence-electron chi connectivity index (χ3n) is 3.44. The summed E-state index contributed by atoms with van der Waals surface area (Å²) in [6.07, 6.45) is 1.08. The summed E-state index contributed by atoms with van der Waals surface area (Å²) in [6.45, 7) is 8.38. The molecule has 0 bridgehead atoms. The summed E-state index contributed by atoms with van der Waals surface area (Å²) in [4.78, 5) is 2.27. The molecular formula is C12H26N4O2. The number of hydrogen-bond donors (Lipinski definition) is 3. The van der Waals surface area contributed by atoms with Crippen LogP contribution in [0.1, 0.15) is 20.3 Å². The highest BCUT2D eigenvalue weighted by atomic mass is 16.5. The molecule has 6 nitrogen and oxygen atoms in total. The summed E-state index contributed by atoms with van der Waals surface area (Å²) in [7, 11) is 2.11. The summed E-state index contributed by atoms with van der Waals surface area (Å²) in [5.74, 6) is 0.276. The Labute approximate surface area is 109 Å². The fourth-order valence-electron chi connectivity index (χ4n) is 1.92. The summed E-state index contributed by atoms with van der Waals surface area (Å²) < 4.78 is 5.66. The number of likely N-dealkylation sites (N-methyl/N-ethyl adjacent to an activating group) is 1. The number of oxime groups is 1. The number of amidine groups is 1. The number of nitrogens with one attached hydrogen (secondary N) is 1. The molecule has 0 spiro atoms. The summed E-state index contributed by atoms with van der Waals surface area (Å²) in [5.41, 5.74) is 5.35. The van der Waals surface area contributed by atoms with Crippen LogP contribution >= 0.6 is 0 Å². The van der Waals surface area contributed by atoms with Gasteiger partial charge in [-0.25, -0.2) is 0 Å². The first-order valence-corrected chi connectivity index (χ1v) is 6.44. The molecule has 0 amide bonds. The molecule has 1 heterocycles. The van der Waals surface area contributed by atoms with E-state index < -0.39 is 0 Å². The molecule has 1 fully saturated rings. The molecule has 1 unspecified atom stereocenters. The third-order valence-corrected chi connectivity index (χ3v) is 3.44. The maximum atomic E-state index is 8.68. The summed E-state index contributed by atoms with van der Waals surface area (Å²) >= 11 is 0. The lowest BCUT2D eigenvalue weighted by molar-refractivity contribution is -0.0181. The van der Waals surface area contributed by atoms with Crippen molar-refractivity contribution in [1.29, 1.82) is 0 Å². The van der Waals surface area contributed by atoms with E-state index in [4.69, 9.17) is 15.7 Å². The molecule has 106 valence electrons. The van der Waals surface area contributed by atoms with Crippen molar-refractivity contribution in [3.05, 3.63) is 0 Å². The van der Waals surface area contributed by atoms with Crippen LogP contribution in [-0.4, -0.2) is 61.9 Å². The van der Waals surface area contributed by atoms with Gasteiger partial charge in [-0.2, -0.15) is 0 Å². The highest BCUT2D eigenvalue weighted by Crippen LogP contribution is 2.19. The zero-order chi connectivity index (χ0) is 13.6. The molecule has 1 saturated heterocycles. The average molecular weight is 258 g/mol. The van der Waals surface area contributed by atoms with Crippen molar-refractivity contribution >= 4 is 5.84 Å². The Morgan fingerprint density at radius 2 is 2.33 bits per heavy atom. The molecule has 1 aliphatic heterocycles. The Balaban J connectivity index is 2.18. The van der Waals surface area contributed by atoms with Crippen LogP contribution in [0.5, 0.6) is 0 Å².